The third-order valence-electron chi connectivity index (χ3n) is 17.8. The fourth-order valence-electron chi connectivity index (χ4n) is 14.5. The average molecular weight is 983 g/mol. The van der Waals surface area contributed by atoms with E-state index in [4.69, 9.17) is 0 Å². The maximum Gasteiger partial charge on any atom is 0.263 e. The van der Waals surface area contributed by atoms with E-state index < -0.39 is 0 Å². The number of fused-ring (bicyclic) bond motifs is 20. The van der Waals surface area contributed by atoms with Gasteiger partial charge in [0.05, 0.1) is 44.1 Å². The summed E-state index contributed by atoms with van der Waals surface area (Å²) < 4.78 is 8.71. The van der Waals surface area contributed by atoms with Gasteiger partial charge in [-0.25, -0.2) is 0 Å². The van der Waals surface area contributed by atoms with E-state index in [1.807, 2.05) is 33.1 Å². The molecule has 6 heterocycles. The third-order valence-corrected chi connectivity index (χ3v) is 17.8. The van der Waals surface area contributed by atoms with E-state index in [9.17, 15) is 4.79 Å². The summed E-state index contributed by atoms with van der Waals surface area (Å²) in [6.07, 6.45) is 0. The molecule has 0 N–H and O–H groups in total. The molecule has 17 aromatic rings. The number of para-hydroxylation sites is 4. The minimum absolute atomic E-state index is 0.00222. The number of aromatic nitrogens is 4. The second-order valence-electron chi connectivity index (χ2n) is 21.9. The zero-order chi connectivity index (χ0) is 50.7. The van der Waals surface area contributed by atoms with Gasteiger partial charge in [0.1, 0.15) is 0 Å². The smallest absolute Gasteiger partial charge is 0.263 e. The minimum atomic E-state index is -0.233. The standard InChI is InChI=1S/C71H42N4O2/c1-71(2)59-22-9-5-15-45(59)49-30-31-52-46-16-6-11-24-61(46)73(68(52)65(49)71)42-37-56-44-29-26-39(35-58(44)70(77)74-62-25-12-8-18-48(62)57(38-42)67(56)74)40-27-32-63-54(34-40)47-17-7-10-23-60(47)72(63)41-28-33-64-55(36-41)51-21-13-20-50-43-14-3-4-19-53(43)69(76)75(64)66(50)51/h3-38H,1-2H3. The molecule has 0 radical (unpaired) electrons. The lowest BCUT2D eigenvalue weighted by Crippen LogP contribution is -2.16. The van der Waals surface area contributed by atoms with Crippen molar-refractivity contribution in [1.82, 2.24) is 17.9 Å². The molecule has 0 unspecified atom stereocenters. The van der Waals surface area contributed by atoms with E-state index in [-0.39, 0.29) is 16.5 Å². The largest absolute Gasteiger partial charge is 0.309 e. The van der Waals surface area contributed by atoms with Gasteiger partial charge >= 0.3 is 0 Å². The van der Waals surface area contributed by atoms with Crippen molar-refractivity contribution in [2.24, 2.45) is 0 Å². The SMILES string of the molecule is CC1(C)c2ccccc2-c2ccc3c4ccccc4n(-c4cc5c6ccc(-c7ccc8c(c7)c7ccccc7n8-c7ccc8c(c7)c7cccc9c%10ccccc%10c(=O)n8c97)cc6c(=O)n6c7ccccc7c(c4)c56)c3c21. The number of rotatable bonds is 3. The van der Waals surface area contributed by atoms with Crippen molar-refractivity contribution in [3.63, 3.8) is 0 Å². The Kier molecular flexibility index (Phi) is 7.63. The van der Waals surface area contributed by atoms with Gasteiger partial charge in [0.15, 0.2) is 0 Å². The molecule has 6 aromatic heterocycles. The lowest BCUT2D eigenvalue weighted by Gasteiger charge is -2.24. The summed E-state index contributed by atoms with van der Waals surface area (Å²) in [5.41, 5.74) is 17.4. The van der Waals surface area contributed by atoms with Gasteiger partial charge in [0, 0.05) is 81.4 Å². The van der Waals surface area contributed by atoms with E-state index >= 15 is 4.79 Å². The monoisotopic (exact) mass is 982 g/mol. The summed E-state index contributed by atoms with van der Waals surface area (Å²) in [5, 5.41) is 14.4. The summed E-state index contributed by atoms with van der Waals surface area (Å²) >= 11 is 0. The zero-order valence-electron chi connectivity index (χ0n) is 41.9. The van der Waals surface area contributed by atoms with Gasteiger partial charge in [-0.3, -0.25) is 18.4 Å². The highest BCUT2D eigenvalue weighted by molar-refractivity contribution is 6.23. The van der Waals surface area contributed by atoms with Crippen LogP contribution in [0.4, 0.5) is 0 Å². The van der Waals surface area contributed by atoms with Crippen molar-refractivity contribution >= 4 is 120 Å². The summed E-state index contributed by atoms with van der Waals surface area (Å²) in [7, 11) is 0. The molecule has 0 atom stereocenters. The van der Waals surface area contributed by atoms with Crippen LogP contribution in [0.25, 0.3) is 153 Å². The number of hydrogen-bond donors (Lipinski definition) is 0. The van der Waals surface area contributed by atoms with Crippen LogP contribution < -0.4 is 11.1 Å². The predicted molar refractivity (Wildman–Crippen MR) is 320 cm³/mol. The Balaban J connectivity index is 0.847. The number of benzene rings is 11. The molecule has 11 aromatic carbocycles. The normalized spacial score (nSPS) is 13.5. The molecule has 1 aliphatic rings. The van der Waals surface area contributed by atoms with Gasteiger partial charge in [-0.05, 0) is 117 Å². The van der Waals surface area contributed by atoms with Gasteiger partial charge < -0.3 is 9.13 Å². The van der Waals surface area contributed by atoms with Crippen molar-refractivity contribution in [1.29, 1.82) is 0 Å². The molecule has 1 aliphatic carbocycles. The van der Waals surface area contributed by atoms with Crippen molar-refractivity contribution in [2.75, 3.05) is 0 Å². The van der Waals surface area contributed by atoms with E-state index in [0.717, 1.165) is 120 Å². The van der Waals surface area contributed by atoms with E-state index in [1.54, 1.807) is 0 Å². The Labute approximate surface area is 438 Å². The summed E-state index contributed by atoms with van der Waals surface area (Å²) in [4.78, 5) is 29.5. The van der Waals surface area contributed by atoms with Crippen LogP contribution in [0, 0.1) is 0 Å². The summed E-state index contributed by atoms with van der Waals surface area (Å²) in [6.45, 7) is 4.74. The molecular formula is C71H42N4O2. The van der Waals surface area contributed by atoms with Crippen molar-refractivity contribution in [3.8, 4) is 33.6 Å². The van der Waals surface area contributed by atoms with Crippen LogP contribution in [0.3, 0.4) is 0 Å². The van der Waals surface area contributed by atoms with E-state index in [0.29, 0.717) is 5.39 Å². The molecule has 0 amide bonds. The predicted octanol–water partition coefficient (Wildman–Crippen LogP) is 16.9. The van der Waals surface area contributed by atoms with Gasteiger partial charge in [-0.1, -0.05) is 159 Å². The quantitative estimate of drug-likeness (QED) is 0.166. The van der Waals surface area contributed by atoms with Gasteiger partial charge in [-0.15, -0.1) is 0 Å². The Morgan fingerprint density at radius 3 is 1.55 bits per heavy atom. The molecule has 0 saturated heterocycles. The fraction of sp³-hybridized carbons (Fsp3) is 0.0423. The minimum Gasteiger partial charge on any atom is -0.309 e. The summed E-state index contributed by atoms with van der Waals surface area (Å²) in [6, 6.07) is 77.9. The van der Waals surface area contributed by atoms with Crippen LogP contribution >= 0.6 is 0 Å². The highest BCUT2D eigenvalue weighted by atomic mass is 16.1. The molecular weight excluding hydrogens is 941 g/mol. The Bertz CT molecular complexity index is 5670. The second kappa shape index (κ2) is 14.2. The third kappa shape index (κ3) is 5.06. The lowest BCUT2D eigenvalue weighted by molar-refractivity contribution is 0.664. The van der Waals surface area contributed by atoms with Crippen molar-refractivity contribution in [2.45, 2.75) is 19.3 Å². The molecule has 358 valence electrons. The molecule has 0 spiro atoms. The van der Waals surface area contributed by atoms with E-state index in [1.165, 1.54) is 38.5 Å². The van der Waals surface area contributed by atoms with Gasteiger partial charge in [-0.2, -0.15) is 0 Å². The molecule has 6 heteroatoms. The fourth-order valence-corrected chi connectivity index (χ4v) is 14.5. The highest BCUT2D eigenvalue weighted by Crippen LogP contribution is 2.53. The van der Waals surface area contributed by atoms with Gasteiger partial charge in [0.25, 0.3) is 11.1 Å². The highest BCUT2D eigenvalue weighted by Gasteiger charge is 2.38. The van der Waals surface area contributed by atoms with Crippen LogP contribution in [0.15, 0.2) is 228 Å². The molecule has 0 fully saturated rings. The number of nitrogens with zero attached hydrogens (tertiary/aromatic N) is 4. The van der Waals surface area contributed by atoms with Crippen molar-refractivity contribution < 1.29 is 0 Å². The van der Waals surface area contributed by atoms with Crippen LogP contribution in [-0.2, 0) is 5.41 Å². The van der Waals surface area contributed by atoms with Gasteiger partial charge in [0.2, 0.25) is 0 Å². The first-order valence-electron chi connectivity index (χ1n) is 26.5. The maximum atomic E-state index is 15.3. The van der Waals surface area contributed by atoms with Crippen molar-refractivity contribution in [3.05, 3.63) is 250 Å². The van der Waals surface area contributed by atoms with Crippen LogP contribution in [0.5, 0.6) is 0 Å². The second-order valence-corrected chi connectivity index (χ2v) is 21.9. The maximum absolute atomic E-state index is 15.3. The Hall–Kier alpha value is -10.0. The molecule has 77 heavy (non-hydrogen) atoms. The van der Waals surface area contributed by atoms with E-state index in [2.05, 4.69) is 217 Å². The zero-order valence-corrected chi connectivity index (χ0v) is 41.9. The first-order valence-corrected chi connectivity index (χ1v) is 26.5. The van der Waals surface area contributed by atoms with Crippen LogP contribution in [-0.4, -0.2) is 17.9 Å². The molecule has 0 saturated carbocycles. The first kappa shape index (κ1) is 41.3. The molecule has 0 aliphatic heterocycles. The summed E-state index contributed by atoms with van der Waals surface area (Å²) in [5.74, 6) is 0. The Morgan fingerprint density at radius 1 is 0.299 bits per heavy atom. The molecule has 0 bridgehead atoms. The Morgan fingerprint density at radius 2 is 0.766 bits per heavy atom. The van der Waals surface area contributed by atoms with Crippen LogP contribution in [0.2, 0.25) is 0 Å². The first-order chi connectivity index (χ1) is 37.8. The number of hydrogen-bond acceptors (Lipinski definition) is 2. The molecule has 6 nitrogen and oxygen atoms in total. The average Bonchev–Trinajstić information content (AvgIpc) is 4.40. The lowest BCUT2D eigenvalue weighted by atomic mass is 9.81. The van der Waals surface area contributed by atoms with Crippen LogP contribution in [0.1, 0.15) is 25.0 Å². The molecule has 18 rings (SSSR count). The topological polar surface area (TPSA) is 52.8 Å². The number of pyridine rings is 2.